The minimum absolute atomic E-state index is 0. The van der Waals surface area contributed by atoms with Gasteiger partial charge in [-0.2, -0.15) is 0 Å². The van der Waals surface area contributed by atoms with E-state index in [9.17, 15) is 4.79 Å². The smallest absolute Gasteiger partial charge is 0.348 e. The molecule has 2 rings (SSSR count). The molecule has 0 aliphatic heterocycles. The van der Waals surface area contributed by atoms with Gasteiger partial charge in [0.15, 0.2) is 0 Å². The molecule has 0 radical (unpaired) electrons. The number of halogens is 2. The maximum Gasteiger partial charge on any atom is 0.348 e. The van der Waals surface area contributed by atoms with E-state index in [-0.39, 0.29) is 18.4 Å². The topological polar surface area (TPSA) is 39.2 Å². The number of rotatable bonds is 1. The minimum Gasteiger partial charge on any atom is -0.465 e. The van der Waals surface area contributed by atoms with Gasteiger partial charge >= 0.3 is 5.97 Å². The molecule has 2 aromatic heterocycles. The third-order valence-corrected chi connectivity index (χ3v) is 3.32. The predicted molar refractivity (Wildman–Crippen MR) is 63.2 cm³/mol. The van der Waals surface area contributed by atoms with E-state index in [1.54, 1.807) is 18.3 Å². The normalized spacial score (nSPS) is 9.73. The van der Waals surface area contributed by atoms with Crippen LogP contribution in [0.15, 0.2) is 18.3 Å². The zero-order valence-corrected chi connectivity index (χ0v) is 10.1. The van der Waals surface area contributed by atoms with Crippen molar-refractivity contribution in [1.29, 1.82) is 0 Å². The van der Waals surface area contributed by atoms with Crippen LogP contribution < -0.4 is 0 Å². The number of ether oxygens (including phenoxy) is 1. The molecule has 80 valence electrons. The Morgan fingerprint density at radius 2 is 2.33 bits per heavy atom. The Kier molecular flexibility index (Phi) is 3.90. The lowest BCUT2D eigenvalue weighted by atomic mass is 10.4. The molecule has 3 nitrogen and oxygen atoms in total. The maximum absolute atomic E-state index is 11.2. The second kappa shape index (κ2) is 4.79. The van der Waals surface area contributed by atoms with Crippen molar-refractivity contribution in [2.24, 2.45) is 0 Å². The van der Waals surface area contributed by atoms with Gasteiger partial charge in [-0.15, -0.1) is 23.7 Å². The maximum atomic E-state index is 11.2. The van der Waals surface area contributed by atoms with Crippen molar-refractivity contribution in [1.82, 2.24) is 4.98 Å². The van der Waals surface area contributed by atoms with Crippen LogP contribution >= 0.6 is 35.3 Å². The van der Waals surface area contributed by atoms with Gasteiger partial charge in [0.25, 0.3) is 0 Å². The number of aromatic nitrogens is 1. The van der Waals surface area contributed by atoms with Crippen molar-refractivity contribution in [3.8, 4) is 0 Å². The largest absolute Gasteiger partial charge is 0.465 e. The molecular formula is C9H7Cl2NO2S. The van der Waals surface area contributed by atoms with Gasteiger partial charge in [0, 0.05) is 6.20 Å². The van der Waals surface area contributed by atoms with E-state index in [2.05, 4.69) is 9.72 Å². The van der Waals surface area contributed by atoms with Crippen molar-refractivity contribution in [3.63, 3.8) is 0 Å². The molecule has 2 heterocycles. The second-order valence-corrected chi connectivity index (χ2v) is 4.07. The Bertz CT molecular complexity index is 498. The lowest BCUT2D eigenvalue weighted by Crippen LogP contribution is -1.96. The second-order valence-electron chi connectivity index (χ2n) is 2.61. The van der Waals surface area contributed by atoms with Gasteiger partial charge in [-0.05, 0) is 12.1 Å². The standard InChI is InChI=1S/C9H6ClNO2S.ClH/c1-13-9(12)7-4-6-8(14-7)5(10)2-3-11-6;/h2-4H,1H3;1H. The third kappa shape index (κ3) is 2.22. The van der Waals surface area contributed by atoms with Gasteiger partial charge < -0.3 is 4.74 Å². The number of hydrogen-bond donors (Lipinski definition) is 0. The van der Waals surface area contributed by atoms with Crippen molar-refractivity contribution in [2.75, 3.05) is 7.11 Å². The lowest BCUT2D eigenvalue weighted by molar-refractivity contribution is 0.0606. The molecule has 0 saturated carbocycles. The molecule has 0 aliphatic carbocycles. The van der Waals surface area contributed by atoms with Gasteiger partial charge in [0.1, 0.15) is 4.88 Å². The summed E-state index contributed by atoms with van der Waals surface area (Å²) in [6, 6.07) is 3.37. The summed E-state index contributed by atoms with van der Waals surface area (Å²) in [5, 5.41) is 0.607. The molecule has 6 heteroatoms. The van der Waals surface area contributed by atoms with E-state index in [0.29, 0.717) is 9.90 Å². The first-order valence-electron chi connectivity index (χ1n) is 3.84. The highest BCUT2D eigenvalue weighted by Gasteiger charge is 2.12. The Hall–Kier alpha value is -0.840. The minimum atomic E-state index is -0.357. The molecule has 0 bridgehead atoms. The van der Waals surface area contributed by atoms with Crippen molar-refractivity contribution >= 4 is 51.5 Å². The number of fused-ring (bicyclic) bond motifs is 1. The van der Waals surface area contributed by atoms with Gasteiger partial charge in [0.2, 0.25) is 0 Å². The lowest BCUT2D eigenvalue weighted by Gasteiger charge is -1.90. The average Bonchev–Trinajstić information content (AvgIpc) is 2.62. The number of carbonyl (C=O) groups excluding carboxylic acids is 1. The SMILES string of the molecule is COC(=O)c1cc2nccc(Cl)c2s1.Cl. The first-order chi connectivity index (χ1) is 6.72. The summed E-state index contributed by atoms with van der Waals surface area (Å²) in [5.41, 5.74) is 0.725. The van der Waals surface area contributed by atoms with Gasteiger partial charge in [-0.25, -0.2) is 4.79 Å². The highest BCUT2D eigenvalue weighted by Crippen LogP contribution is 2.30. The van der Waals surface area contributed by atoms with Crippen molar-refractivity contribution in [3.05, 3.63) is 28.2 Å². The number of carbonyl (C=O) groups is 1. The summed E-state index contributed by atoms with van der Waals surface area (Å²) in [7, 11) is 1.35. The molecule has 0 saturated heterocycles. The Balaban J connectivity index is 0.00000112. The fraction of sp³-hybridized carbons (Fsp3) is 0.111. The first-order valence-corrected chi connectivity index (χ1v) is 5.04. The molecule has 0 amide bonds. The summed E-state index contributed by atoms with van der Waals surface area (Å²) in [6.45, 7) is 0. The van der Waals surface area contributed by atoms with Crippen LogP contribution in [0, 0.1) is 0 Å². The summed E-state index contributed by atoms with van der Waals surface area (Å²) in [5.74, 6) is -0.357. The highest BCUT2D eigenvalue weighted by atomic mass is 35.5. The number of esters is 1. The molecule has 0 aromatic carbocycles. The summed E-state index contributed by atoms with van der Waals surface area (Å²) < 4.78 is 5.42. The summed E-state index contributed by atoms with van der Waals surface area (Å²) in [6.07, 6.45) is 1.61. The van der Waals surface area contributed by atoms with Crippen molar-refractivity contribution in [2.45, 2.75) is 0 Å². The number of hydrogen-bond acceptors (Lipinski definition) is 4. The fourth-order valence-corrected chi connectivity index (χ4v) is 2.32. The molecule has 2 aromatic rings. The Morgan fingerprint density at radius 1 is 1.60 bits per heavy atom. The van der Waals surface area contributed by atoms with E-state index in [1.165, 1.54) is 18.4 Å². The van der Waals surface area contributed by atoms with E-state index in [4.69, 9.17) is 11.6 Å². The van der Waals surface area contributed by atoms with E-state index in [1.807, 2.05) is 0 Å². The van der Waals surface area contributed by atoms with Crippen LogP contribution in [0.1, 0.15) is 9.67 Å². The quantitative estimate of drug-likeness (QED) is 0.742. The van der Waals surface area contributed by atoms with Gasteiger partial charge in [-0.1, -0.05) is 11.6 Å². The molecule has 0 fully saturated rings. The average molecular weight is 264 g/mol. The van der Waals surface area contributed by atoms with Crippen LogP contribution in [0.25, 0.3) is 10.2 Å². The molecular weight excluding hydrogens is 257 g/mol. The van der Waals surface area contributed by atoms with Gasteiger partial charge in [-0.3, -0.25) is 4.98 Å². The van der Waals surface area contributed by atoms with E-state index >= 15 is 0 Å². The molecule has 0 N–H and O–H groups in total. The zero-order chi connectivity index (χ0) is 10.1. The van der Waals surface area contributed by atoms with Gasteiger partial charge in [0.05, 0.1) is 22.3 Å². The molecule has 0 spiro atoms. The van der Waals surface area contributed by atoms with Crippen LogP contribution in [-0.4, -0.2) is 18.1 Å². The molecule has 15 heavy (non-hydrogen) atoms. The number of pyridine rings is 1. The Labute approximate surface area is 101 Å². The van der Waals surface area contributed by atoms with Crippen LogP contribution in [-0.2, 0) is 4.74 Å². The molecule has 0 aliphatic rings. The molecule has 0 atom stereocenters. The molecule has 0 unspecified atom stereocenters. The van der Waals surface area contributed by atoms with Crippen LogP contribution in [0.4, 0.5) is 0 Å². The van der Waals surface area contributed by atoms with Crippen LogP contribution in [0.5, 0.6) is 0 Å². The van der Waals surface area contributed by atoms with Crippen molar-refractivity contribution < 1.29 is 9.53 Å². The zero-order valence-electron chi connectivity index (χ0n) is 7.69. The monoisotopic (exact) mass is 263 g/mol. The summed E-state index contributed by atoms with van der Waals surface area (Å²) in [4.78, 5) is 15.8. The highest BCUT2D eigenvalue weighted by molar-refractivity contribution is 7.21. The number of thiophene rings is 1. The summed E-state index contributed by atoms with van der Waals surface area (Å²) >= 11 is 7.22. The fourth-order valence-electron chi connectivity index (χ4n) is 1.11. The van der Waals surface area contributed by atoms with E-state index < -0.39 is 0 Å². The first kappa shape index (κ1) is 12.2. The Morgan fingerprint density at radius 3 is 2.93 bits per heavy atom. The van der Waals surface area contributed by atoms with Crippen LogP contribution in [0.2, 0.25) is 5.02 Å². The number of nitrogens with zero attached hydrogens (tertiary/aromatic N) is 1. The predicted octanol–water partition coefficient (Wildman–Crippen LogP) is 3.16. The third-order valence-electron chi connectivity index (χ3n) is 1.75. The number of methoxy groups -OCH3 is 1. The van der Waals surface area contributed by atoms with E-state index in [0.717, 1.165) is 10.2 Å². The van der Waals surface area contributed by atoms with Crippen LogP contribution in [0.3, 0.4) is 0 Å².